The first-order chi connectivity index (χ1) is 10.5. The van der Waals surface area contributed by atoms with E-state index in [0.29, 0.717) is 5.11 Å². The fourth-order valence-electron chi connectivity index (χ4n) is 2.28. The fraction of sp³-hybridized carbons (Fsp3) is 0.278. The molecule has 116 valence electrons. The average Bonchev–Trinajstić information content (AvgIpc) is 2.50. The van der Waals surface area contributed by atoms with Crippen LogP contribution in [-0.4, -0.2) is 12.2 Å². The number of rotatable bonds is 4. The van der Waals surface area contributed by atoms with Crippen LogP contribution in [0.5, 0.6) is 5.75 Å². The van der Waals surface area contributed by atoms with Gasteiger partial charge < -0.3 is 15.4 Å². The van der Waals surface area contributed by atoms with Crippen molar-refractivity contribution in [2.45, 2.75) is 26.8 Å². The predicted molar refractivity (Wildman–Crippen MR) is 96.7 cm³/mol. The summed E-state index contributed by atoms with van der Waals surface area (Å²) in [6.07, 6.45) is 0. The molecule has 2 N–H and O–H groups in total. The Morgan fingerprint density at radius 1 is 1.09 bits per heavy atom. The monoisotopic (exact) mass is 314 g/mol. The highest BCUT2D eigenvalue weighted by molar-refractivity contribution is 7.80. The molecule has 0 bridgehead atoms. The maximum Gasteiger partial charge on any atom is 0.171 e. The minimum absolute atomic E-state index is 0.0581. The maximum atomic E-state index is 5.40. The van der Waals surface area contributed by atoms with Gasteiger partial charge in [0.05, 0.1) is 13.2 Å². The Balaban J connectivity index is 2.03. The number of aryl methyl sites for hydroxylation is 2. The van der Waals surface area contributed by atoms with Crippen molar-refractivity contribution >= 4 is 23.0 Å². The zero-order valence-electron chi connectivity index (χ0n) is 13.4. The van der Waals surface area contributed by atoms with Gasteiger partial charge in [-0.3, -0.25) is 0 Å². The highest BCUT2D eigenvalue weighted by atomic mass is 32.1. The van der Waals surface area contributed by atoms with Crippen LogP contribution in [0.1, 0.15) is 29.7 Å². The first kappa shape index (κ1) is 16.3. The van der Waals surface area contributed by atoms with Crippen molar-refractivity contribution in [3.8, 4) is 5.75 Å². The van der Waals surface area contributed by atoms with Gasteiger partial charge in [0.15, 0.2) is 5.11 Å². The standard InChI is InChI=1S/C18H22N2OS/c1-12-9-10-15(11-13(12)2)20-18(22)19-14(3)16-7-5-6-8-17(16)21-4/h5-11,14H,1-4H3,(H2,19,20,22)/t14-/m0/s1. The Kier molecular flexibility index (Phi) is 5.39. The number of para-hydroxylation sites is 1. The van der Waals surface area contributed by atoms with E-state index < -0.39 is 0 Å². The van der Waals surface area contributed by atoms with E-state index in [9.17, 15) is 0 Å². The number of hydrogen-bond acceptors (Lipinski definition) is 2. The smallest absolute Gasteiger partial charge is 0.171 e. The molecule has 0 spiro atoms. The lowest BCUT2D eigenvalue weighted by Crippen LogP contribution is -2.31. The molecular formula is C18H22N2OS. The van der Waals surface area contributed by atoms with Gasteiger partial charge in [-0.25, -0.2) is 0 Å². The molecule has 1 atom stereocenters. The van der Waals surface area contributed by atoms with Gasteiger partial charge >= 0.3 is 0 Å². The average molecular weight is 314 g/mol. The molecule has 2 rings (SSSR count). The van der Waals surface area contributed by atoms with Gasteiger partial charge in [-0.1, -0.05) is 24.3 Å². The second-order valence-corrected chi connectivity index (χ2v) is 5.77. The molecule has 0 fully saturated rings. The van der Waals surface area contributed by atoms with Crippen molar-refractivity contribution in [1.82, 2.24) is 5.32 Å². The number of anilines is 1. The molecule has 0 radical (unpaired) electrons. The molecular weight excluding hydrogens is 292 g/mol. The molecule has 22 heavy (non-hydrogen) atoms. The summed E-state index contributed by atoms with van der Waals surface area (Å²) < 4.78 is 5.39. The van der Waals surface area contributed by atoms with Gasteiger partial charge in [0, 0.05) is 11.3 Å². The summed E-state index contributed by atoms with van der Waals surface area (Å²) in [5.74, 6) is 0.858. The Morgan fingerprint density at radius 2 is 1.82 bits per heavy atom. The molecule has 0 amide bonds. The van der Waals surface area contributed by atoms with Crippen LogP contribution in [0.2, 0.25) is 0 Å². The maximum absolute atomic E-state index is 5.40. The molecule has 0 heterocycles. The summed E-state index contributed by atoms with van der Waals surface area (Å²) in [5.41, 5.74) is 4.58. The lowest BCUT2D eigenvalue weighted by molar-refractivity contribution is 0.405. The Labute approximate surface area is 137 Å². The number of nitrogens with one attached hydrogen (secondary N) is 2. The van der Waals surface area contributed by atoms with Crippen molar-refractivity contribution in [2.75, 3.05) is 12.4 Å². The van der Waals surface area contributed by atoms with Crippen LogP contribution in [0, 0.1) is 13.8 Å². The number of hydrogen-bond donors (Lipinski definition) is 2. The second-order valence-electron chi connectivity index (χ2n) is 5.36. The van der Waals surface area contributed by atoms with Gasteiger partial charge in [0.2, 0.25) is 0 Å². The van der Waals surface area contributed by atoms with Gasteiger partial charge in [-0.15, -0.1) is 0 Å². The summed E-state index contributed by atoms with van der Waals surface area (Å²) in [5, 5.41) is 7.12. The Hall–Kier alpha value is -2.07. The van der Waals surface area contributed by atoms with Crippen LogP contribution in [0.25, 0.3) is 0 Å². The third-order valence-corrected chi connectivity index (χ3v) is 3.94. The number of thiocarbonyl (C=S) groups is 1. The van der Waals surface area contributed by atoms with Crippen molar-refractivity contribution in [2.24, 2.45) is 0 Å². The summed E-state index contributed by atoms with van der Waals surface area (Å²) in [4.78, 5) is 0. The van der Waals surface area contributed by atoms with E-state index in [0.717, 1.165) is 17.0 Å². The number of ether oxygens (including phenoxy) is 1. The van der Waals surface area contributed by atoms with Crippen LogP contribution in [0.15, 0.2) is 42.5 Å². The molecule has 4 heteroatoms. The fourth-order valence-corrected chi connectivity index (χ4v) is 2.58. The molecule has 0 unspecified atom stereocenters. The van der Waals surface area contributed by atoms with E-state index >= 15 is 0 Å². The minimum atomic E-state index is 0.0581. The molecule has 0 aliphatic rings. The van der Waals surface area contributed by atoms with Crippen LogP contribution in [-0.2, 0) is 0 Å². The normalized spacial score (nSPS) is 11.6. The third kappa shape index (κ3) is 3.98. The largest absolute Gasteiger partial charge is 0.496 e. The van der Waals surface area contributed by atoms with E-state index in [4.69, 9.17) is 17.0 Å². The molecule has 2 aromatic carbocycles. The minimum Gasteiger partial charge on any atom is -0.496 e. The zero-order chi connectivity index (χ0) is 16.1. The molecule has 0 aliphatic heterocycles. The molecule has 2 aromatic rings. The molecule has 3 nitrogen and oxygen atoms in total. The lowest BCUT2D eigenvalue weighted by Gasteiger charge is -2.19. The SMILES string of the molecule is COc1ccccc1[C@H](C)NC(=S)Nc1ccc(C)c(C)c1. The Bertz CT molecular complexity index is 670. The van der Waals surface area contributed by atoms with Crippen LogP contribution < -0.4 is 15.4 Å². The van der Waals surface area contributed by atoms with Crippen molar-refractivity contribution in [3.63, 3.8) is 0 Å². The van der Waals surface area contributed by atoms with Crippen LogP contribution in [0.3, 0.4) is 0 Å². The van der Waals surface area contributed by atoms with Crippen molar-refractivity contribution in [1.29, 1.82) is 0 Å². The topological polar surface area (TPSA) is 33.3 Å². The second kappa shape index (κ2) is 7.27. The summed E-state index contributed by atoms with van der Waals surface area (Å²) >= 11 is 5.40. The van der Waals surface area contributed by atoms with Gasteiger partial charge in [0.25, 0.3) is 0 Å². The summed E-state index contributed by atoms with van der Waals surface area (Å²) in [7, 11) is 1.68. The zero-order valence-corrected chi connectivity index (χ0v) is 14.3. The predicted octanol–water partition coefficient (Wildman–Crippen LogP) is 4.36. The highest BCUT2D eigenvalue weighted by Gasteiger charge is 2.11. The van der Waals surface area contributed by atoms with Crippen molar-refractivity contribution in [3.05, 3.63) is 59.2 Å². The Morgan fingerprint density at radius 3 is 2.50 bits per heavy atom. The molecule has 0 aromatic heterocycles. The first-order valence-corrected chi connectivity index (χ1v) is 7.69. The van der Waals surface area contributed by atoms with E-state index in [2.05, 4.69) is 43.5 Å². The van der Waals surface area contributed by atoms with E-state index in [1.807, 2.05) is 30.3 Å². The lowest BCUT2D eigenvalue weighted by atomic mass is 10.1. The quantitative estimate of drug-likeness (QED) is 0.822. The molecule has 0 saturated carbocycles. The van der Waals surface area contributed by atoms with Gasteiger partial charge in [0.1, 0.15) is 5.75 Å². The van der Waals surface area contributed by atoms with Gasteiger partial charge in [-0.05, 0) is 62.3 Å². The van der Waals surface area contributed by atoms with E-state index in [1.54, 1.807) is 7.11 Å². The summed E-state index contributed by atoms with van der Waals surface area (Å²) in [6.45, 7) is 6.25. The highest BCUT2D eigenvalue weighted by Crippen LogP contribution is 2.24. The molecule has 0 aliphatic carbocycles. The third-order valence-electron chi connectivity index (χ3n) is 3.72. The first-order valence-electron chi connectivity index (χ1n) is 7.29. The molecule has 0 saturated heterocycles. The van der Waals surface area contributed by atoms with E-state index in [1.165, 1.54) is 11.1 Å². The van der Waals surface area contributed by atoms with Crippen molar-refractivity contribution < 1.29 is 4.74 Å². The van der Waals surface area contributed by atoms with Crippen LogP contribution >= 0.6 is 12.2 Å². The number of methoxy groups -OCH3 is 1. The number of benzene rings is 2. The van der Waals surface area contributed by atoms with E-state index in [-0.39, 0.29) is 6.04 Å². The van der Waals surface area contributed by atoms with Gasteiger partial charge in [-0.2, -0.15) is 0 Å². The summed E-state index contributed by atoms with van der Waals surface area (Å²) in [6, 6.07) is 14.2. The van der Waals surface area contributed by atoms with Crippen LogP contribution in [0.4, 0.5) is 5.69 Å².